The van der Waals surface area contributed by atoms with E-state index in [9.17, 15) is 4.79 Å². The van der Waals surface area contributed by atoms with E-state index >= 15 is 0 Å². The summed E-state index contributed by atoms with van der Waals surface area (Å²) in [5.74, 6) is 0.137. The fourth-order valence-electron chi connectivity index (χ4n) is 2.47. The van der Waals surface area contributed by atoms with Crippen LogP contribution in [-0.4, -0.2) is 25.6 Å². The molecule has 0 fully saturated rings. The van der Waals surface area contributed by atoms with Gasteiger partial charge in [0.25, 0.3) is 0 Å². The molecule has 0 aliphatic carbocycles. The monoisotopic (exact) mass is 299 g/mol. The third-order valence-corrected chi connectivity index (χ3v) is 4.74. The van der Waals surface area contributed by atoms with Crippen molar-refractivity contribution >= 4 is 28.4 Å². The number of nitrogens with one attached hydrogen (secondary N) is 1. The first-order valence-electron chi connectivity index (χ1n) is 6.83. The second-order valence-corrected chi connectivity index (χ2v) is 6.42. The van der Waals surface area contributed by atoms with Crippen molar-refractivity contribution in [1.82, 2.24) is 14.5 Å². The van der Waals surface area contributed by atoms with Crippen molar-refractivity contribution in [2.75, 3.05) is 0 Å². The molecule has 21 heavy (non-hydrogen) atoms. The van der Waals surface area contributed by atoms with E-state index in [0.717, 1.165) is 27.3 Å². The molecule has 1 aromatic carbocycles. The molecule has 0 unspecified atom stereocenters. The lowest BCUT2D eigenvalue weighted by atomic mass is 10.1. The number of nitrogens with zero attached hydrogens (tertiary/aromatic N) is 2. The normalized spacial score (nSPS) is 12.7. The Labute approximate surface area is 127 Å². The van der Waals surface area contributed by atoms with Crippen LogP contribution in [0, 0.1) is 6.92 Å². The maximum absolute atomic E-state index is 12.8. The first-order valence-corrected chi connectivity index (χ1v) is 7.71. The maximum Gasteiger partial charge on any atom is 0.178 e. The van der Waals surface area contributed by atoms with Crippen LogP contribution in [0.4, 0.5) is 0 Å². The fraction of sp³-hybridized carbons (Fsp3) is 0.250. The van der Waals surface area contributed by atoms with Crippen molar-refractivity contribution in [3.8, 4) is 0 Å². The smallest absolute Gasteiger partial charge is 0.178 e. The van der Waals surface area contributed by atoms with Crippen LogP contribution in [0.5, 0.6) is 0 Å². The predicted octanol–water partition coefficient (Wildman–Crippen LogP) is 3.57. The van der Waals surface area contributed by atoms with Crippen LogP contribution in [0.3, 0.4) is 0 Å². The number of thioether (sulfide) groups is 1. The zero-order valence-electron chi connectivity index (χ0n) is 12.3. The predicted molar refractivity (Wildman–Crippen MR) is 85.9 cm³/mol. The van der Waals surface area contributed by atoms with Gasteiger partial charge in [-0.25, -0.2) is 4.98 Å². The van der Waals surface area contributed by atoms with E-state index in [2.05, 4.69) is 9.97 Å². The van der Waals surface area contributed by atoms with Crippen LogP contribution in [0.2, 0.25) is 0 Å². The molecule has 4 nitrogen and oxygen atoms in total. The van der Waals surface area contributed by atoms with Gasteiger partial charge >= 0.3 is 0 Å². The average Bonchev–Trinajstić information content (AvgIpc) is 3.01. The van der Waals surface area contributed by atoms with Gasteiger partial charge in [0, 0.05) is 41.6 Å². The highest BCUT2D eigenvalue weighted by molar-refractivity contribution is 8.00. The number of aromatic nitrogens is 3. The molecule has 1 atom stereocenters. The third kappa shape index (κ3) is 2.49. The summed E-state index contributed by atoms with van der Waals surface area (Å²) < 4.78 is 1.93. The van der Waals surface area contributed by atoms with Gasteiger partial charge in [-0.1, -0.05) is 30.0 Å². The Kier molecular flexibility index (Phi) is 3.59. The number of Topliss-reactive ketones (excluding diaryl/α,β-unsaturated/α-hetero) is 1. The molecule has 0 saturated carbocycles. The number of aromatic amines is 1. The molecule has 0 saturated heterocycles. The van der Waals surface area contributed by atoms with Crippen LogP contribution < -0.4 is 0 Å². The van der Waals surface area contributed by atoms with Gasteiger partial charge in [-0.2, -0.15) is 0 Å². The van der Waals surface area contributed by atoms with Crippen LogP contribution in [0.25, 0.3) is 10.9 Å². The molecule has 2 heterocycles. The molecule has 3 rings (SSSR count). The quantitative estimate of drug-likeness (QED) is 0.592. The topological polar surface area (TPSA) is 50.7 Å². The van der Waals surface area contributed by atoms with Gasteiger partial charge in [0.2, 0.25) is 0 Å². The van der Waals surface area contributed by atoms with Crippen molar-refractivity contribution < 1.29 is 4.79 Å². The number of carbonyl (C=O) groups excluding carboxylic acids is 1. The summed E-state index contributed by atoms with van der Waals surface area (Å²) in [6, 6.07) is 7.92. The van der Waals surface area contributed by atoms with Crippen molar-refractivity contribution in [2.24, 2.45) is 7.05 Å². The number of H-pyrrole nitrogens is 1. The highest BCUT2D eigenvalue weighted by Gasteiger charge is 2.23. The second kappa shape index (κ2) is 5.41. The first-order chi connectivity index (χ1) is 10.1. The number of hydrogen-bond acceptors (Lipinski definition) is 3. The van der Waals surface area contributed by atoms with Gasteiger partial charge in [0.05, 0.1) is 5.25 Å². The summed E-state index contributed by atoms with van der Waals surface area (Å²) in [5.41, 5.74) is 2.72. The minimum absolute atomic E-state index is 0.137. The van der Waals surface area contributed by atoms with Crippen LogP contribution in [0.15, 0.2) is 41.8 Å². The molecule has 108 valence electrons. The summed E-state index contributed by atoms with van der Waals surface area (Å²) in [6.45, 7) is 3.88. The van der Waals surface area contributed by atoms with Crippen molar-refractivity contribution in [3.63, 3.8) is 0 Å². The zero-order valence-corrected chi connectivity index (χ0v) is 13.1. The Morgan fingerprint density at radius 2 is 2.14 bits per heavy atom. The van der Waals surface area contributed by atoms with Crippen molar-refractivity contribution in [1.29, 1.82) is 0 Å². The number of imidazole rings is 1. The first kappa shape index (κ1) is 13.9. The van der Waals surface area contributed by atoms with Gasteiger partial charge < -0.3 is 9.55 Å². The summed E-state index contributed by atoms with van der Waals surface area (Å²) >= 11 is 1.49. The fourth-order valence-corrected chi connectivity index (χ4v) is 3.36. The largest absolute Gasteiger partial charge is 0.358 e. The number of carbonyl (C=O) groups is 1. The van der Waals surface area contributed by atoms with E-state index in [0.29, 0.717) is 0 Å². The number of hydrogen-bond donors (Lipinski definition) is 1. The Morgan fingerprint density at radius 3 is 2.86 bits per heavy atom. The number of para-hydroxylation sites is 1. The summed E-state index contributed by atoms with van der Waals surface area (Å²) in [6.07, 6.45) is 3.63. The number of ketones is 1. The Hall–Kier alpha value is -2.01. The number of aryl methyl sites for hydroxylation is 2. The van der Waals surface area contributed by atoms with E-state index in [4.69, 9.17) is 0 Å². The standard InChI is InChI=1S/C16H17N3OS/c1-10-14(12-6-4-5-7-13(12)18-10)15(20)11(2)21-16-17-8-9-19(16)3/h4-9,11,18H,1-3H3/t11-/m0/s1. The second-order valence-electron chi connectivity index (χ2n) is 5.12. The van der Waals surface area contributed by atoms with E-state index < -0.39 is 0 Å². The van der Waals surface area contributed by atoms with Crippen LogP contribution >= 0.6 is 11.8 Å². The lowest BCUT2D eigenvalue weighted by Gasteiger charge is -2.10. The zero-order chi connectivity index (χ0) is 15.0. The minimum Gasteiger partial charge on any atom is -0.358 e. The van der Waals surface area contributed by atoms with E-state index in [1.165, 1.54) is 11.8 Å². The maximum atomic E-state index is 12.8. The SMILES string of the molecule is Cc1[nH]c2ccccc2c1C(=O)[C@H](C)Sc1nccn1C. The molecular formula is C16H17N3OS. The van der Waals surface area contributed by atoms with Gasteiger partial charge in [-0.15, -0.1) is 0 Å². The average molecular weight is 299 g/mol. The van der Waals surface area contributed by atoms with Gasteiger partial charge in [-0.05, 0) is 19.9 Å². The number of fused-ring (bicyclic) bond motifs is 1. The van der Waals surface area contributed by atoms with Crippen molar-refractivity contribution in [2.45, 2.75) is 24.3 Å². The van der Waals surface area contributed by atoms with E-state index in [-0.39, 0.29) is 11.0 Å². The highest BCUT2D eigenvalue weighted by Crippen LogP contribution is 2.28. The molecular weight excluding hydrogens is 282 g/mol. The molecule has 5 heteroatoms. The Bertz CT molecular complexity index is 803. The Morgan fingerprint density at radius 1 is 1.38 bits per heavy atom. The minimum atomic E-state index is -0.177. The van der Waals surface area contributed by atoms with Gasteiger partial charge in [0.1, 0.15) is 0 Å². The van der Waals surface area contributed by atoms with Gasteiger partial charge in [-0.3, -0.25) is 4.79 Å². The summed E-state index contributed by atoms with van der Waals surface area (Å²) in [7, 11) is 1.93. The highest BCUT2D eigenvalue weighted by atomic mass is 32.2. The van der Waals surface area contributed by atoms with Crippen LogP contribution in [0.1, 0.15) is 23.0 Å². The molecule has 3 aromatic rings. The molecule has 0 bridgehead atoms. The summed E-state index contributed by atoms with van der Waals surface area (Å²) in [4.78, 5) is 20.4. The number of rotatable bonds is 4. The molecule has 1 N–H and O–H groups in total. The van der Waals surface area contributed by atoms with Crippen molar-refractivity contribution in [3.05, 3.63) is 47.9 Å². The number of benzene rings is 1. The van der Waals surface area contributed by atoms with E-state index in [1.807, 2.05) is 55.9 Å². The van der Waals surface area contributed by atoms with Crippen LogP contribution in [-0.2, 0) is 7.05 Å². The molecule has 0 spiro atoms. The molecule has 0 aliphatic heterocycles. The Balaban J connectivity index is 1.93. The molecule has 0 amide bonds. The third-order valence-electron chi connectivity index (χ3n) is 3.57. The molecule has 0 aliphatic rings. The lowest BCUT2D eigenvalue weighted by Crippen LogP contribution is -2.15. The lowest BCUT2D eigenvalue weighted by molar-refractivity contribution is 0.0995. The van der Waals surface area contributed by atoms with Gasteiger partial charge in [0.15, 0.2) is 10.9 Å². The molecule has 2 aromatic heterocycles. The summed E-state index contributed by atoms with van der Waals surface area (Å²) in [5, 5.41) is 1.67. The molecule has 0 radical (unpaired) electrons. The van der Waals surface area contributed by atoms with E-state index in [1.54, 1.807) is 6.20 Å².